The zero-order valence-corrected chi connectivity index (χ0v) is 36.1. The molecule has 0 spiro atoms. The van der Waals surface area contributed by atoms with E-state index in [1.165, 1.54) is 83.5 Å². The molecule has 5 atom stereocenters. The number of esters is 2. The van der Waals surface area contributed by atoms with Crippen molar-refractivity contribution in [2.24, 2.45) is 5.92 Å². The highest BCUT2D eigenvalue weighted by molar-refractivity contribution is 7.47. The maximum Gasteiger partial charge on any atom is 0.472 e. The van der Waals surface area contributed by atoms with Gasteiger partial charge in [0, 0.05) is 12.8 Å². The summed E-state index contributed by atoms with van der Waals surface area (Å²) in [6, 6.07) is 0. The Balaban J connectivity index is 2.28. The normalized spacial score (nSPS) is 17.9. The quantitative estimate of drug-likeness (QED) is 0.0178. The van der Waals surface area contributed by atoms with Crippen molar-refractivity contribution >= 4 is 19.8 Å². The van der Waals surface area contributed by atoms with Gasteiger partial charge in [-0.3, -0.25) is 18.6 Å². The van der Waals surface area contributed by atoms with Crippen molar-refractivity contribution < 1.29 is 52.5 Å². The number of hydrogen-bond acceptors (Lipinski definition) is 10. The Labute approximate surface area is 339 Å². The van der Waals surface area contributed by atoms with Gasteiger partial charge < -0.3 is 29.3 Å². The number of epoxide rings is 1. The molecule has 0 saturated carbocycles. The average molecular weight is 815 g/mol. The summed E-state index contributed by atoms with van der Waals surface area (Å²) in [4.78, 5) is 35.0. The minimum absolute atomic E-state index is 0.105. The van der Waals surface area contributed by atoms with Crippen molar-refractivity contribution in [1.82, 2.24) is 0 Å². The van der Waals surface area contributed by atoms with Crippen LogP contribution < -0.4 is 0 Å². The van der Waals surface area contributed by atoms with E-state index in [0.29, 0.717) is 31.5 Å². The van der Waals surface area contributed by atoms with Gasteiger partial charge in [-0.1, -0.05) is 154 Å². The fraction of sp³-hybridized carbons (Fsp3) is 0.818. The third-order valence-electron chi connectivity index (χ3n) is 9.65. The number of carbonyl (C=O) groups excluding carboxylic acids is 2. The number of rotatable bonds is 39. The van der Waals surface area contributed by atoms with Gasteiger partial charge in [0.15, 0.2) is 6.10 Å². The predicted molar refractivity (Wildman–Crippen MR) is 223 cm³/mol. The van der Waals surface area contributed by atoms with Crippen LogP contribution in [0, 0.1) is 5.92 Å². The number of phosphoric acid groups is 1. The maximum absolute atomic E-state index is 12.6. The summed E-state index contributed by atoms with van der Waals surface area (Å²) in [7, 11) is -4.63. The van der Waals surface area contributed by atoms with E-state index in [1.807, 2.05) is 12.2 Å². The van der Waals surface area contributed by atoms with Crippen LogP contribution in [0.15, 0.2) is 36.5 Å². The topological polar surface area (TPSA) is 161 Å². The van der Waals surface area contributed by atoms with Crippen molar-refractivity contribution in [1.29, 1.82) is 0 Å². The molecule has 1 aliphatic rings. The molecule has 0 radical (unpaired) electrons. The van der Waals surface area contributed by atoms with Crippen LogP contribution in [0.4, 0.5) is 0 Å². The lowest BCUT2D eigenvalue weighted by Crippen LogP contribution is -2.29. The summed E-state index contributed by atoms with van der Waals surface area (Å²) in [5.41, 5.74) is 0. The Hall–Kier alpha value is -1.85. The van der Waals surface area contributed by atoms with Gasteiger partial charge in [-0.2, -0.15) is 0 Å². The second-order valence-electron chi connectivity index (χ2n) is 15.6. The van der Waals surface area contributed by atoms with Crippen LogP contribution in [-0.2, 0) is 37.4 Å². The molecule has 56 heavy (non-hydrogen) atoms. The molecule has 0 aromatic heterocycles. The van der Waals surface area contributed by atoms with Gasteiger partial charge in [0.1, 0.15) is 12.7 Å². The molecular weight excluding hydrogens is 735 g/mol. The van der Waals surface area contributed by atoms with Crippen molar-refractivity contribution in [2.75, 3.05) is 26.4 Å². The summed E-state index contributed by atoms with van der Waals surface area (Å²) in [5, 5.41) is 18.3. The molecule has 0 bridgehead atoms. The van der Waals surface area contributed by atoms with Gasteiger partial charge in [0.25, 0.3) is 0 Å². The van der Waals surface area contributed by atoms with Crippen molar-refractivity contribution in [3.05, 3.63) is 36.5 Å². The van der Waals surface area contributed by atoms with E-state index in [-0.39, 0.29) is 19.4 Å². The number of allylic oxidation sites excluding steroid dienone is 5. The molecule has 3 unspecified atom stereocenters. The van der Waals surface area contributed by atoms with E-state index in [4.69, 9.17) is 23.8 Å². The van der Waals surface area contributed by atoms with Crippen LogP contribution in [0.25, 0.3) is 0 Å². The lowest BCUT2D eigenvalue weighted by Gasteiger charge is -2.20. The monoisotopic (exact) mass is 815 g/mol. The lowest BCUT2D eigenvalue weighted by molar-refractivity contribution is -0.161. The highest BCUT2D eigenvalue weighted by Gasteiger charge is 2.36. The molecule has 1 heterocycles. The van der Waals surface area contributed by atoms with E-state index in [9.17, 15) is 24.2 Å². The first-order valence-electron chi connectivity index (χ1n) is 21.9. The van der Waals surface area contributed by atoms with Gasteiger partial charge in [-0.25, -0.2) is 4.57 Å². The Morgan fingerprint density at radius 1 is 0.696 bits per heavy atom. The first-order chi connectivity index (χ1) is 27.1. The lowest BCUT2D eigenvalue weighted by atomic mass is 10.0. The Kier molecular flexibility index (Phi) is 32.7. The number of unbranched alkanes of at least 4 members (excludes halogenated alkanes) is 14. The van der Waals surface area contributed by atoms with Gasteiger partial charge in [0.2, 0.25) is 0 Å². The Bertz CT molecular complexity index is 1110. The van der Waals surface area contributed by atoms with E-state index in [1.54, 1.807) is 0 Å². The number of carbonyl (C=O) groups is 2. The summed E-state index contributed by atoms with van der Waals surface area (Å²) in [6.07, 6.45) is 35.8. The first-order valence-corrected chi connectivity index (χ1v) is 23.4. The first kappa shape index (κ1) is 52.2. The SMILES string of the molecule is CCCCCC1OC1C/C=C\C/C=C\C/C=C\CCCC(=O)O[C@H](COC(=O)CCCCCCCCCCCCCCC(C)C)COP(=O)(O)OC[C@@H](O)CO. The molecule has 11 nitrogen and oxygen atoms in total. The molecule has 1 fully saturated rings. The third-order valence-corrected chi connectivity index (χ3v) is 10.6. The zero-order valence-electron chi connectivity index (χ0n) is 35.2. The largest absolute Gasteiger partial charge is 0.472 e. The van der Waals surface area contributed by atoms with E-state index >= 15 is 0 Å². The molecule has 0 amide bonds. The fourth-order valence-corrected chi connectivity index (χ4v) is 6.94. The van der Waals surface area contributed by atoms with Crippen molar-refractivity contribution in [2.45, 2.75) is 199 Å². The standard InChI is InChI=1S/C44H79O11P/c1-4-5-24-30-41-42(55-41)31-26-21-17-13-10-11-15-19-23-28-33-44(48)54-40(37-53-56(49,50)52-35-39(46)34-45)36-51-43(47)32-27-22-18-14-9-7-6-8-12-16-20-25-29-38(2)3/h10,13,15,19,21,26,38-42,45-46H,4-9,11-12,14,16-18,20,22-25,27-37H2,1-3H3,(H,49,50)/b13-10-,19-15-,26-21-/t39-,40+,41?,42?/m0/s1. The zero-order chi connectivity index (χ0) is 41.1. The van der Waals surface area contributed by atoms with Crippen molar-refractivity contribution in [3.63, 3.8) is 0 Å². The Morgan fingerprint density at radius 2 is 1.27 bits per heavy atom. The van der Waals surface area contributed by atoms with Gasteiger partial charge >= 0.3 is 19.8 Å². The third kappa shape index (κ3) is 33.2. The highest BCUT2D eigenvalue weighted by atomic mass is 31.2. The molecule has 326 valence electrons. The number of aliphatic hydroxyl groups excluding tert-OH is 2. The molecule has 1 rings (SSSR count). The van der Waals surface area contributed by atoms with Crippen LogP contribution in [0.2, 0.25) is 0 Å². The highest BCUT2D eigenvalue weighted by Crippen LogP contribution is 2.43. The molecular formula is C44H79O11P. The molecule has 3 N–H and O–H groups in total. The fourth-order valence-electron chi connectivity index (χ4n) is 6.15. The molecule has 0 aromatic carbocycles. The van der Waals surface area contributed by atoms with Crippen LogP contribution in [0.5, 0.6) is 0 Å². The molecule has 1 aliphatic heterocycles. The van der Waals surface area contributed by atoms with Crippen LogP contribution in [0.3, 0.4) is 0 Å². The summed E-state index contributed by atoms with van der Waals surface area (Å²) < 4.78 is 38.4. The number of ether oxygens (including phenoxy) is 3. The summed E-state index contributed by atoms with van der Waals surface area (Å²) >= 11 is 0. The maximum atomic E-state index is 12.6. The molecule has 0 aromatic rings. The number of phosphoric ester groups is 1. The van der Waals surface area contributed by atoms with Crippen molar-refractivity contribution in [3.8, 4) is 0 Å². The number of aliphatic hydroxyl groups is 2. The minimum atomic E-state index is -4.63. The molecule has 0 aliphatic carbocycles. The second kappa shape index (κ2) is 35.1. The molecule has 12 heteroatoms. The van der Waals surface area contributed by atoms with Gasteiger partial charge in [0.05, 0.1) is 32.0 Å². The van der Waals surface area contributed by atoms with Crippen LogP contribution in [-0.4, -0.2) is 77.9 Å². The summed E-state index contributed by atoms with van der Waals surface area (Å²) in [6.45, 7) is 4.61. The molecule has 1 saturated heterocycles. The second-order valence-corrected chi connectivity index (χ2v) is 17.0. The van der Waals surface area contributed by atoms with Gasteiger partial charge in [-0.05, 0) is 50.9 Å². The number of hydrogen-bond donors (Lipinski definition) is 3. The van der Waals surface area contributed by atoms with Crippen LogP contribution in [0.1, 0.15) is 175 Å². The van der Waals surface area contributed by atoms with E-state index in [2.05, 4.69) is 49.6 Å². The smallest absolute Gasteiger partial charge is 0.462 e. The summed E-state index contributed by atoms with van der Waals surface area (Å²) in [5.74, 6) is -0.187. The minimum Gasteiger partial charge on any atom is -0.462 e. The van der Waals surface area contributed by atoms with Crippen LogP contribution >= 0.6 is 7.82 Å². The predicted octanol–water partition coefficient (Wildman–Crippen LogP) is 10.4. The average Bonchev–Trinajstić information content (AvgIpc) is 3.93. The van der Waals surface area contributed by atoms with E-state index < -0.39 is 51.8 Å². The van der Waals surface area contributed by atoms with Gasteiger partial charge in [-0.15, -0.1) is 0 Å². The Morgan fingerprint density at radius 3 is 1.89 bits per heavy atom. The van der Waals surface area contributed by atoms with E-state index in [0.717, 1.165) is 44.4 Å².